The summed E-state index contributed by atoms with van der Waals surface area (Å²) in [6, 6.07) is 36.1. The van der Waals surface area contributed by atoms with Crippen LogP contribution in [0.1, 0.15) is 39.5 Å². The van der Waals surface area contributed by atoms with E-state index in [4.69, 9.17) is 13.9 Å². The van der Waals surface area contributed by atoms with Gasteiger partial charge in [0.2, 0.25) is 0 Å². The lowest BCUT2D eigenvalue weighted by atomic mass is 9.90. The lowest BCUT2D eigenvalue weighted by Crippen LogP contribution is -2.31. The molecule has 2 heterocycles. The molecular weight excluding hydrogens is 510 g/mol. The predicted octanol–water partition coefficient (Wildman–Crippen LogP) is 6.96. The maximum absolute atomic E-state index is 11.8. The molecule has 5 heteroatoms. The molecule has 208 valence electrons. The fourth-order valence-electron chi connectivity index (χ4n) is 5.80. The first-order valence-corrected chi connectivity index (χ1v) is 14.3. The Morgan fingerprint density at radius 2 is 1.66 bits per heavy atom. The van der Waals surface area contributed by atoms with E-state index in [1.807, 2.05) is 18.2 Å². The minimum Gasteiger partial charge on any atom is -0.493 e. The Morgan fingerprint density at radius 3 is 2.39 bits per heavy atom. The SMILES string of the molecule is COC(=O)Cc1ccc2oc(CCN(Cc3cccc4c3OCC4)CC(c3ccccc3)c3ccccc3)cc2c1. The summed E-state index contributed by atoms with van der Waals surface area (Å²) in [7, 11) is 1.42. The molecule has 5 aromatic rings. The van der Waals surface area contributed by atoms with Gasteiger partial charge in [0.1, 0.15) is 17.1 Å². The second-order valence-corrected chi connectivity index (χ2v) is 10.7. The highest BCUT2D eigenvalue weighted by Crippen LogP contribution is 2.32. The summed E-state index contributed by atoms with van der Waals surface area (Å²) in [4.78, 5) is 14.3. The molecule has 0 atom stereocenters. The van der Waals surface area contributed by atoms with Crippen molar-refractivity contribution >= 4 is 16.9 Å². The molecule has 0 aliphatic carbocycles. The average Bonchev–Trinajstić information content (AvgIpc) is 3.66. The van der Waals surface area contributed by atoms with Gasteiger partial charge in [0.05, 0.1) is 20.1 Å². The number of methoxy groups -OCH3 is 1. The van der Waals surface area contributed by atoms with Crippen LogP contribution in [-0.4, -0.2) is 37.7 Å². The lowest BCUT2D eigenvalue weighted by molar-refractivity contribution is -0.139. The van der Waals surface area contributed by atoms with Crippen molar-refractivity contribution in [3.63, 3.8) is 0 Å². The van der Waals surface area contributed by atoms with Gasteiger partial charge < -0.3 is 13.9 Å². The van der Waals surface area contributed by atoms with Crippen molar-refractivity contribution in [3.8, 4) is 5.75 Å². The van der Waals surface area contributed by atoms with E-state index >= 15 is 0 Å². The van der Waals surface area contributed by atoms with Crippen molar-refractivity contribution in [2.24, 2.45) is 0 Å². The molecule has 1 aliphatic heterocycles. The van der Waals surface area contributed by atoms with Gasteiger partial charge in [-0.3, -0.25) is 9.69 Å². The van der Waals surface area contributed by atoms with Crippen molar-refractivity contribution in [2.45, 2.75) is 31.7 Å². The second kappa shape index (κ2) is 12.4. The quantitative estimate of drug-likeness (QED) is 0.168. The van der Waals surface area contributed by atoms with Gasteiger partial charge in [0.15, 0.2) is 0 Å². The molecule has 1 aromatic heterocycles. The molecule has 0 saturated carbocycles. The van der Waals surface area contributed by atoms with E-state index in [-0.39, 0.29) is 18.3 Å². The first-order chi connectivity index (χ1) is 20.2. The third-order valence-electron chi connectivity index (χ3n) is 7.92. The molecule has 0 N–H and O–H groups in total. The molecule has 0 saturated heterocycles. The van der Waals surface area contributed by atoms with Crippen molar-refractivity contribution in [2.75, 3.05) is 26.8 Å². The Hall–Kier alpha value is -4.35. The monoisotopic (exact) mass is 545 g/mol. The Morgan fingerprint density at radius 1 is 0.902 bits per heavy atom. The number of carbonyl (C=O) groups is 1. The van der Waals surface area contributed by atoms with Crippen LogP contribution in [0, 0.1) is 0 Å². The molecule has 5 nitrogen and oxygen atoms in total. The molecule has 0 unspecified atom stereocenters. The molecule has 41 heavy (non-hydrogen) atoms. The first kappa shape index (κ1) is 26.9. The zero-order valence-corrected chi connectivity index (χ0v) is 23.4. The highest BCUT2D eigenvalue weighted by Gasteiger charge is 2.22. The van der Waals surface area contributed by atoms with Crippen molar-refractivity contribution in [3.05, 3.63) is 137 Å². The molecule has 1 aliphatic rings. The maximum Gasteiger partial charge on any atom is 0.309 e. The Balaban J connectivity index is 1.27. The van der Waals surface area contributed by atoms with Crippen LogP contribution in [0.2, 0.25) is 0 Å². The number of esters is 1. The largest absolute Gasteiger partial charge is 0.493 e. The number of hydrogen-bond acceptors (Lipinski definition) is 5. The van der Waals surface area contributed by atoms with Crippen LogP contribution in [0.4, 0.5) is 0 Å². The van der Waals surface area contributed by atoms with E-state index in [2.05, 4.69) is 89.8 Å². The smallest absolute Gasteiger partial charge is 0.309 e. The van der Waals surface area contributed by atoms with Gasteiger partial charge in [0.25, 0.3) is 0 Å². The lowest BCUT2D eigenvalue weighted by Gasteiger charge is -2.29. The summed E-state index contributed by atoms with van der Waals surface area (Å²) in [5.41, 5.74) is 6.90. The molecule has 0 amide bonds. The molecule has 6 rings (SSSR count). The summed E-state index contributed by atoms with van der Waals surface area (Å²) in [6.07, 6.45) is 1.99. The number of benzene rings is 4. The van der Waals surface area contributed by atoms with Gasteiger partial charge >= 0.3 is 5.97 Å². The van der Waals surface area contributed by atoms with Crippen molar-refractivity contribution in [1.82, 2.24) is 4.90 Å². The van der Waals surface area contributed by atoms with Gasteiger partial charge in [-0.05, 0) is 40.5 Å². The second-order valence-electron chi connectivity index (χ2n) is 10.7. The van der Waals surface area contributed by atoms with E-state index < -0.39 is 0 Å². The zero-order valence-electron chi connectivity index (χ0n) is 23.4. The topological polar surface area (TPSA) is 51.9 Å². The normalized spacial score (nSPS) is 12.6. The highest BCUT2D eigenvalue weighted by molar-refractivity contribution is 5.81. The Bertz CT molecular complexity index is 1570. The van der Waals surface area contributed by atoms with Gasteiger partial charge in [-0.25, -0.2) is 0 Å². The summed E-state index contributed by atoms with van der Waals surface area (Å²) in [6.45, 7) is 3.23. The third kappa shape index (κ3) is 6.36. The van der Waals surface area contributed by atoms with Crippen LogP contribution < -0.4 is 4.74 Å². The van der Waals surface area contributed by atoms with Crippen LogP contribution in [-0.2, 0) is 35.3 Å². The average molecular weight is 546 g/mol. The summed E-state index contributed by atoms with van der Waals surface area (Å²) in [5.74, 6) is 1.97. The fraction of sp³-hybridized carbons (Fsp3) is 0.250. The molecule has 0 spiro atoms. The van der Waals surface area contributed by atoms with E-state index in [9.17, 15) is 4.79 Å². The van der Waals surface area contributed by atoms with Crippen LogP contribution in [0.25, 0.3) is 11.0 Å². The predicted molar refractivity (Wildman–Crippen MR) is 161 cm³/mol. The van der Waals surface area contributed by atoms with Gasteiger partial charge in [0, 0.05) is 49.3 Å². The zero-order chi connectivity index (χ0) is 28.0. The Labute approximate surface area is 241 Å². The number of ether oxygens (including phenoxy) is 2. The van der Waals surface area contributed by atoms with E-state index in [0.29, 0.717) is 0 Å². The molecular formula is C36H35NO4. The van der Waals surface area contributed by atoms with Gasteiger partial charge in [-0.1, -0.05) is 84.9 Å². The van der Waals surface area contributed by atoms with Crippen LogP contribution in [0.5, 0.6) is 5.75 Å². The van der Waals surface area contributed by atoms with Crippen LogP contribution in [0.3, 0.4) is 0 Å². The molecule has 0 radical (unpaired) electrons. The number of para-hydroxylation sites is 1. The molecule has 4 aromatic carbocycles. The number of furan rings is 1. The fourth-order valence-corrected chi connectivity index (χ4v) is 5.80. The standard InChI is InChI=1S/C36H35NO4/c1-39-35(38)22-26-15-16-34-31(21-26)23-32(41-34)17-19-37(24-30-14-8-13-29-18-20-40-36(29)30)25-33(27-9-4-2-5-10-27)28-11-6-3-7-12-28/h2-16,21,23,33H,17-20,22,24-25H2,1H3. The first-order valence-electron chi connectivity index (χ1n) is 14.3. The van der Waals surface area contributed by atoms with E-state index in [0.717, 1.165) is 67.1 Å². The summed E-state index contributed by atoms with van der Waals surface area (Å²) >= 11 is 0. The Kier molecular flexibility index (Phi) is 8.15. The van der Waals surface area contributed by atoms with Crippen molar-refractivity contribution in [1.29, 1.82) is 0 Å². The number of rotatable bonds is 11. The maximum atomic E-state index is 11.8. The van der Waals surface area contributed by atoms with E-state index in [1.54, 1.807) is 0 Å². The minimum absolute atomic E-state index is 0.228. The number of carbonyl (C=O) groups excluding carboxylic acids is 1. The number of hydrogen-bond donors (Lipinski definition) is 0. The van der Waals surface area contributed by atoms with Gasteiger partial charge in [-0.15, -0.1) is 0 Å². The highest BCUT2D eigenvalue weighted by atomic mass is 16.5. The molecule has 0 bridgehead atoms. The van der Waals surface area contributed by atoms with Crippen LogP contribution in [0.15, 0.2) is 108 Å². The minimum atomic E-state index is -0.244. The van der Waals surface area contributed by atoms with Crippen molar-refractivity contribution < 1.29 is 18.7 Å². The number of fused-ring (bicyclic) bond motifs is 2. The third-order valence-corrected chi connectivity index (χ3v) is 7.92. The van der Waals surface area contributed by atoms with E-state index in [1.165, 1.54) is 29.4 Å². The molecule has 0 fully saturated rings. The van der Waals surface area contributed by atoms with Gasteiger partial charge in [-0.2, -0.15) is 0 Å². The number of nitrogens with zero attached hydrogens (tertiary/aromatic N) is 1. The summed E-state index contributed by atoms with van der Waals surface area (Å²) < 4.78 is 17.1. The van der Waals surface area contributed by atoms with Crippen LogP contribution >= 0.6 is 0 Å². The summed E-state index contributed by atoms with van der Waals surface area (Å²) in [5, 5.41) is 1.01.